The van der Waals surface area contributed by atoms with Gasteiger partial charge in [-0.1, -0.05) is 12.1 Å². The molecule has 0 bridgehead atoms. The molecular weight excluding hydrogens is 290 g/mol. The largest absolute Gasteiger partial charge is 0.444 e. The highest BCUT2D eigenvalue weighted by atomic mass is 32.2. The lowest BCUT2D eigenvalue weighted by atomic mass is 9.99. The van der Waals surface area contributed by atoms with Gasteiger partial charge in [0, 0.05) is 5.69 Å². The predicted molar refractivity (Wildman–Crippen MR) is 82.3 cm³/mol. The Kier molecular flexibility index (Phi) is 4.27. The summed E-state index contributed by atoms with van der Waals surface area (Å²) in [6, 6.07) is 7.25. The van der Waals surface area contributed by atoms with Crippen LogP contribution in [-0.4, -0.2) is 31.6 Å². The number of ether oxygens (including phenoxy) is 1. The summed E-state index contributed by atoms with van der Waals surface area (Å²) in [7, 11) is -2.88. The summed E-state index contributed by atoms with van der Waals surface area (Å²) in [6.07, 6.45) is 0.167. The second kappa shape index (κ2) is 5.67. The van der Waals surface area contributed by atoms with Crippen LogP contribution in [0.1, 0.15) is 38.7 Å². The lowest BCUT2D eigenvalue weighted by Gasteiger charge is -2.19. The van der Waals surface area contributed by atoms with Crippen molar-refractivity contribution in [1.29, 1.82) is 0 Å². The van der Waals surface area contributed by atoms with E-state index in [1.54, 1.807) is 32.9 Å². The van der Waals surface area contributed by atoms with Crippen molar-refractivity contribution in [2.75, 3.05) is 16.8 Å². The van der Waals surface area contributed by atoms with Gasteiger partial charge < -0.3 is 4.74 Å². The summed E-state index contributed by atoms with van der Waals surface area (Å²) < 4.78 is 28.1. The van der Waals surface area contributed by atoms with Gasteiger partial charge in [0.1, 0.15) is 5.60 Å². The predicted octanol–water partition coefficient (Wildman–Crippen LogP) is 2.94. The Morgan fingerprint density at radius 3 is 2.33 bits per heavy atom. The quantitative estimate of drug-likeness (QED) is 0.911. The van der Waals surface area contributed by atoms with Gasteiger partial charge in [-0.2, -0.15) is 0 Å². The number of carbonyl (C=O) groups is 1. The summed E-state index contributed by atoms with van der Waals surface area (Å²) >= 11 is 0. The van der Waals surface area contributed by atoms with Crippen LogP contribution in [0, 0.1) is 0 Å². The minimum absolute atomic E-state index is 0.0607. The molecule has 1 N–H and O–H groups in total. The first kappa shape index (κ1) is 15.8. The molecular formula is C15H21NO4S. The summed E-state index contributed by atoms with van der Waals surface area (Å²) in [5.41, 5.74) is 1.09. The normalized spacial score (nSPS) is 21.0. The van der Waals surface area contributed by atoms with Crippen LogP contribution in [0.5, 0.6) is 0 Å². The summed E-state index contributed by atoms with van der Waals surface area (Å²) in [5.74, 6) is 0.534. The minimum atomic E-state index is -2.88. The smallest absolute Gasteiger partial charge is 0.412 e. The minimum Gasteiger partial charge on any atom is -0.444 e. The molecule has 1 amide bonds. The van der Waals surface area contributed by atoms with Crippen molar-refractivity contribution < 1.29 is 17.9 Å². The molecule has 5 nitrogen and oxygen atoms in total. The fourth-order valence-corrected chi connectivity index (χ4v) is 4.10. The third-order valence-corrected chi connectivity index (χ3v) is 5.03. The summed E-state index contributed by atoms with van der Waals surface area (Å²) in [5, 5.41) is 2.65. The molecule has 1 fully saturated rings. The van der Waals surface area contributed by atoms with Crippen molar-refractivity contribution in [2.45, 2.75) is 38.7 Å². The highest BCUT2D eigenvalue weighted by molar-refractivity contribution is 7.91. The fourth-order valence-electron chi connectivity index (χ4n) is 2.32. The van der Waals surface area contributed by atoms with Gasteiger partial charge in [-0.15, -0.1) is 0 Å². The lowest BCUT2D eigenvalue weighted by Crippen LogP contribution is -2.27. The first-order valence-corrected chi connectivity index (χ1v) is 8.77. The summed E-state index contributed by atoms with van der Waals surface area (Å²) in [6.45, 7) is 5.41. The number of carbonyl (C=O) groups excluding carboxylic acids is 1. The lowest BCUT2D eigenvalue weighted by molar-refractivity contribution is 0.0636. The van der Waals surface area contributed by atoms with Crippen molar-refractivity contribution in [3.63, 3.8) is 0 Å². The van der Waals surface area contributed by atoms with Crippen LogP contribution in [0.4, 0.5) is 10.5 Å². The maximum absolute atomic E-state index is 11.6. The molecule has 1 aromatic rings. The highest BCUT2D eigenvalue weighted by Gasteiger charge is 2.28. The molecule has 0 radical (unpaired) electrons. The van der Waals surface area contributed by atoms with E-state index in [0.717, 1.165) is 5.56 Å². The molecule has 21 heavy (non-hydrogen) atoms. The van der Waals surface area contributed by atoms with E-state index in [2.05, 4.69) is 5.32 Å². The molecule has 1 atom stereocenters. The van der Waals surface area contributed by atoms with E-state index in [1.807, 2.05) is 12.1 Å². The second-order valence-corrected chi connectivity index (χ2v) is 8.58. The number of benzene rings is 1. The Hall–Kier alpha value is -1.56. The molecule has 1 heterocycles. The van der Waals surface area contributed by atoms with Gasteiger partial charge in [-0.25, -0.2) is 13.2 Å². The topological polar surface area (TPSA) is 72.5 Å². The SMILES string of the molecule is CC(C)(C)OC(=O)Nc1ccc(C2CCS(=O)(=O)C2)cc1. The van der Waals surface area contributed by atoms with Crippen LogP contribution >= 0.6 is 0 Å². The number of rotatable bonds is 2. The molecule has 1 saturated heterocycles. The molecule has 0 aliphatic carbocycles. The van der Waals surface area contributed by atoms with Crippen molar-refractivity contribution in [3.05, 3.63) is 29.8 Å². The van der Waals surface area contributed by atoms with E-state index in [4.69, 9.17) is 4.74 Å². The van der Waals surface area contributed by atoms with Crippen LogP contribution < -0.4 is 5.32 Å². The molecule has 116 valence electrons. The van der Waals surface area contributed by atoms with E-state index < -0.39 is 21.5 Å². The molecule has 0 saturated carbocycles. The molecule has 0 aromatic heterocycles. The van der Waals surface area contributed by atoms with Gasteiger partial charge in [0.2, 0.25) is 0 Å². The van der Waals surface area contributed by atoms with Crippen LogP contribution in [-0.2, 0) is 14.6 Å². The third kappa shape index (κ3) is 4.74. The van der Waals surface area contributed by atoms with E-state index >= 15 is 0 Å². The van der Waals surface area contributed by atoms with Crippen molar-refractivity contribution in [2.24, 2.45) is 0 Å². The maximum atomic E-state index is 11.6. The van der Waals surface area contributed by atoms with Crippen LogP contribution in [0.15, 0.2) is 24.3 Å². The van der Waals surface area contributed by atoms with E-state index in [-0.39, 0.29) is 17.4 Å². The number of hydrogen-bond acceptors (Lipinski definition) is 4. The Labute approximate surface area is 125 Å². The first-order valence-electron chi connectivity index (χ1n) is 6.95. The Morgan fingerprint density at radius 1 is 1.24 bits per heavy atom. The van der Waals surface area contributed by atoms with Crippen LogP contribution in [0.2, 0.25) is 0 Å². The number of hydrogen-bond donors (Lipinski definition) is 1. The van der Waals surface area contributed by atoms with Gasteiger partial charge >= 0.3 is 6.09 Å². The fraction of sp³-hybridized carbons (Fsp3) is 0.533. The molecule has 2 rings (SSSR count). The van der Waals surface area contributed by atoms with Gasteiger partial charge in [-0.3, -0.25) is 5.32 Å². The maximum Gasteiger partial charge on any atom is 0.412 e. The number of nitrogens with one attached hydrogen (secondary N) is 1. The van der Waals surface area contributed by atoms with E-state index in [0.29, 0.717) is 12.1 Å². The number of amides is 1. The van der Waals surface area contributed by atoms with Crippen molar-refractivity contribution in [3.8, 4) is 0 Å². The number of anilines is 1. The average Bonchev–Trinajstić information content (AvgIpc) is 2.68. The average molecular weight is 311 g/mol. The van der Waals surface area contributed by atoms with Crippen molar-refractivity contribution >= 4 is 21.6 Å². The monoisotopic (exact) mass is 311 g/mol. The number of sulfone groups is 1. The molecule has 6 heteroatoms. The molecule has 1 aromatic carbocycles. The molecule has 0 spiro atoms. The molecule has 1 unspecified atom stereocenters. The zero-order valence-electron chi connectivity index (χ0n) is 12.5. The second-order valence-electron chi connectivity index (χ2n) is 6.35. The third-order valence-electron chi connectivity index (χ3n) is 3.26. The highest BCUT2D eigenvalue weighted by Crippen LogP contribution is 2.29. The molecule has 1 aliphatic rings. The zero-order valence-corrected chi connectivity index (χ0v) is 13.4. The van der Waals surface area contributed by atoms with Crippen LogP contribution in [0.3, 0.4) is 0 Å². The van der Waals surface area contributed by atoms with Crippen molar-refractivity contribution in [1.82, 2.24) is 0 Å². The van der Waals surface area contributed by atoms with Gasteiger partial charge in [0.05, 0.1) is 11.5 Å². The van der Waals surface area contributed by atoms with Crippen LogP contribution in [0.25, 0.3) is 0 Å². The van der Waals surface area contributed by atoms with Gasteiger partial charge in [0.25, 0.3) is 0 Å². The standard InChI is InChI=1S/C15H21NO4S/c1-15(2,3)20-14(17)16-13-6-4-11(5-7-13)12-8-9-21(18,19)10-12/h4-7,12H,8-10H2,1-3H3,(H,16,17). The van der Waals surface area contributed by atoms with E-state index in [9.17, 15) is 13.2 Å². The van der Waals surface area contributed by atoms with Gasteiger partial charge in [0.15, 0.2) is 9.84 Å². The van der Waals surface area contributed by atoms with E-state index in [1.165, 1.54) is 0 Å². The Balaban J connectivity index is 1.98. The Bertz CT molecular complexity index is 614. The first-order chi connectivity index (χ1) is 9.65. The zero-order chi connectivity index (χ0) is 15.7. The summed E-state index contributed by atoms with van der Waals surface area (Å²) in [4.78, 5) is 11.6. The molecule has 1 aliphatic heterocycles. The Morgan fingerprint density at radius 2 is 1.86 bits per heavy atom. The van der Waals surface area contributed by atoms with Gasteiger partial charge in [-0.05, 0) is 50.8 Å².